The zero-order valence-corrected chi connectivity index (χ0v) is 22.4. The molecule has 3 heteroatoms. The van der Waals surface area contributed by atoms with Gasteiger partial charge in [0.05, 0.1) is 0 Å². The molecule has 0 nitrogen and oxygen atoms in total. The summed E-state index contributed by atoms with van der Waals surface area (Å²) in [6.07, 6.45) is 6.60. The summed E-state index contributed by atoms with van der Waals surface area (Å²) in [6, 6.07) is 18.7. The van der Waals surface area contributed by atoms with Gasteiger partial charge in [-0.15, -0.1) is 0 Å². The van der Waals surface area contributed by atoms with Gasteiger partial charge in [-0.05, 0) is 0 Å². The SMILES string of the molecule is CC(C)C1=Cc2ccccc2[CH]1[Zr+2]1([CH]2C(C(C)C)=Cc3ccccc32)[CH2]C[CH2]1.[Cl-].[Cl-]. The van der Waals surface area contributed by atoms with E-state index >= 15 is 0 Å². The summed E-state index contributed by atoms with van der Waals surface area (Å²) in [5, 5.41) is 0. The van der Waals surface area contributed by atoms with E-state index in [0.717, 1.165) is 7.25 Å². The molecule has 0 amide bonds. The van der Waals surface area contributed by atoms with Crippen LogP contribution in [0.4, 0.5) is 0 Å². The third-order valence-electron chi connectivity index (χ3n) is 7.69. The summed E-state index contributed by atoms with van der Waals surface area (Å²) < 4.78 is 4.66. The zero-order valence-electron chi connectivity index (χ0n) is 18.5. The molecular weight excluding hydrogens is 486 g/mol. The van der Waals surface area contributed by atoms with E-state index in [0.29, 0.717) is 11.8 Å². The summed E-state index contributed by atoms with van der Waals surface area (Å²) in [6.45, 7) is 9.69. The second kappa shape index (κ2) is 9.09. The predicted molar refractivity (Wildman–Crippen MR) is 118 cm³/mol. The fourth-order valence-electron chi connectivity index (χ4n) is 6.31. The van der Waals surface area contributed by atoms with Gasteiger partial charge >= 0.3 is 176 Å². The van der Waals surface area contributed by atoms with Gasteiger partial charge in [0, 0.05) is 0 Å². The number of hydrogen-bond donors (Lipinski definition) is 0. The first-order valence-electron chi connectivity index (χ1n) is 11.1. The number of fused-ring (bicyclic) bond motifs is 2. The molecule has 1 fully saturated rings. The van der Waals surface area contributed by atoms with Crippen molar-refractivity contribution in [1.82, 2.24) is 0 Å². The van der Waals surface area contributed by atoms with E-state index < -0.39 is 20.3 Å². The first kappa shape index (κ1) is 24.0. The summed E-state index contributed by atoms with van der Waals surface area (Å²) in [5.74, 6) is 1.30. The molecule has 0 saturated carbocycles. The maximum Gasteiger partial charge on any atom is -1.00 e. The van der Waals surface area contributed by atoms with Crippen LogP contribution in [0.1, 0.15) is 63.6 Å². The van der Waals surface area contributed by atoms with Gasteiger partial charge in [-0.2, -0.15) is 0 Å². The molecule has 2 atom stereocenters. The molecule has 0 spiro atoms. The van der Waals surface area contributed by atoms with Gasteiger partial charge < -0.3 is 24.8 Å². The molecular formula is C27H32Cl2Zr. The van der Waals surface area contributed by atoms with E-state index in [1.165, 1.54) is 17.5 Å². The van der Waals surface area contributed by atoms with Crippen LogP contribution < -0.4 is 24.8 Å². The van der Waals surface area contributed by atoms with Crippen LogP contribution in [-0.4, -0.2) is 0 Å². The van der Waals surface area contributed by atoms with Gasteiger partial charge in [-0.3, -0.25) is 0 Å². The van der Waals surface area contributed by atoms with E-state index in [4.69, 9.17) is 0 Å². The van der Waals surface area contributed by atoms with Crippen molar-refractivity contribution in [3.8, 4) is 0 Å². The second-order valence-electron chi connectivity index (χ2n) is 9.81. The Balaban J connectivity index is 0.00000128. The number of benzene rings is 2. The Hall–Kier alpha value is -0.617. The Morgan fingerprint density at radius 3 is 1.40 bits per heavy atom. The maximum absolute atomic E-state index is 2.57. The van der Waals surface area contributed by atoms with E-state index in [1.807, 2.05) is 0 Å². The first-order valence-corrected chi connectivity index (χ1v) is 17.4. The van der Waals surface area contributed by atoms with Crippen molar-refractivity contribution in [1.29, 1.82) is 0 Å². The van der Waals surface area contributed by atoms with Gasteiger partial charge in [-0.1, -0.05) is 0 Å². The Bertz CT molecular complexity index is 906. The topological polar surface area (TPSA) is 0 Å². The van der Waals surface area contributed by atoms with Crippen LogP contribution in [-0.2, 0) is 20.3 Å². The number of halogens is 2. The smallest absolute Gasteiger partial charge is 1.00 e. The monoisotopic (exact) mass is 516 g/mol. The van der Waals surface area contributed by atoms with E-state index in [2.05, 4.69) is 88.4 Å². The van der Waals surface area contributed by atoms with Gasteiger partial charge in [0.2, 0.25) is 0 Å². The molecule has 0 bridgehead atoms. The third-order valence-corrected chi connectivity index (χ3v) is 22.8. The summed E-state index contributed by atoms with van der Waals surface area (Å²) in [7, 11) is 0. The largest absolute Gasteiger partial charge is 1.00 e. The average molecular weight is 519 g/mol. The molecule has 2 aromatic rings. The van der Waals surface area contributed by atoms with Crippen molar-refractivity contribution in [3.05, 3.63) is 81.9 Å². The van der Waals surface area contributed by atoms with Gasteiger partial charge in [0.1, 0.15) is 0 Å². The van der Waals surface area contributed by atoms with Crippen LogP contribution in [0.2, 0.25) is 8.26 Å². The molecule has 5 rings (SSSR count). The maximum atomic E-state index is 2.57. The second-order valence-corrected chi connectivity index (χ2v) is 21.2. The summed E-state index contributed by atoms with van der Waals surface area (Å²) in [5.41, 5.74) is 9.89. The third kappa shape index (κ3) is 3.54. The van der Waals surface area contributed by atoms with Gasteiger partial charge in [0.15, 0.2) is 0 Å². The number of rotatable bonds is 4. The molecule has 0 aromatic heterocycles. The van der Waals surface area contributed by atoms with Crippen molar-refractivity contribution in [3.63, 3.8) is 0 Å². The standard InChI is InChI=1S/2C12H13.C3H6.2ClH.Zr/c2*1-9(2)12-7-10-5-3-4-6-11(10)8-12;1-3-2;;;/h2*3-9H,1-2H3;1-3H2;2*1H;/q;;;;;+2/p-2. The first-order chi connectivity index (χ1) is 13.5. The van der Waals surface area contributed by atoms with E-state index in [-0.39, 0.29) is 24.8 Å². The van der Waals surface area contributed by atoms with Gasteiger partial charge in [0.25, 0.3) is 0 Å². The fourth-order valence-corrected chi connectivity index (χ4v) is 22.5. The normalized spacial score (nSPS) is 21.9. The molecule has 2 aromatic carbocycles. The van der Waals surface area contributed by atoms with Crippen molar-refractivity contribution in [2.75, 3.05) is 0 Å². The Labute approximate surface area is 199 Å². The molecule has 1 heterocycles. The molecule has 1 aliphatic heterocycles. The minimum Gasteiger partial charge on any atom is -1.00 e. The van der Waals surface area contributed by atoms with Crippen LogP contribution in [0, 0.1) is 11.8 Å². The zero-order chi connectivity index (χ0) is 19.5. The Morgan fingerprint density at radius 1 is 0.667 bits per heavy atom. The van der Waals surface area contributed by atoms with E-state index in [1.54, 1.807) is 30.5 Å². The van der Waals surface area contributed by atoms with Crippen LogP contribution in [0.5, 0.6) is 0 Å². The minimum absolute atomic E-state index is 0. The summed E-state index contributed by atoms with van der Waals surface area (Å²) >= 11 is -2.54. The molecule has 158 valence electrons. The molecule has 0 N–H and O–H groups in total. The van der Waals surface area contributed by atoms with Crippen LogP contribution in [0.3, 0.4) is 0 Å². The minimum atomic E-state index is -2.54. The van der Waals surface area contributed by atoms with Crippen molar-refractivity contribution in [2.45, 2.75) is 49.6 Å². The fraction of sp³-hybridized carbons (Fsp3) is 0.407. The van der Waals surface area contributed by atoms with Gasteiger partial charge in [-0.25, -0.2) is 0 Å². The number of allylic oxidation sites excluding steroid dienone is 2. The molecule has 0 radical (unpaired) electrons. The Kier molecular flexibility index (Phi) is 7.28. The average Bonchev–Trinajstić information content (AvgIpc) is 3.22. The number of hydrogen-bond acceptors (Lipinski definition) is 0. The van der Waals surface area contributed by atoms with Crippen LogP contribution in [0.15, 0.2) is 59.7 Å². The van der Waals surface area contributed by atoms with Crippen LogP contribution >= 0.6 is 0 Å². The van der Waals surface area contributed by atoms with Crippen molar-refractivity contribution < 1.29 is 45.1 Å². The quantitative estimate of drug-likeness (QED) is 0.581. The Morgan fingerprint density at radius 2 is 1.07 bits per heavy atom. The molecule has 3 aliphatic rings. The molecule has 30 heavy (non-hydrogen) atoms. The van der Waals surface area contributed by atoms with Crippen LogP contribution in [0.25, 0.3) is 12.2 Å². The molecule has 2 aliphatic carbocycles. The predicted octanol–water partition coefficient (Wildman–Crippen LogP) is 1.98. The molecule has 2 unspecified atom stereocenters. The van der Waals surface area contributed by atoms with Crippen molar-refractivity contribution in [2.24, 2.45) is 11.8 Å². The summed E-state index contributed by atoms with van der Waals surface area (Å²) in [4.78, 5) is 0. The van der Waals surface area contributed by atoms with Crippen molar-refractivity contribution >= 4 is 12.2 Å². The van der Waals surface area contributed by atoms with E-state index in [9.17, 15) is 0 Å². The molecule has 1 saturated heterocycles.